The van der Waals surface area contributed by atoms with Gasteiger partial charge in [0, 0.05) is 29.4 Å². The average molecular weight is 352 g/mol. The van der Waals surface area contributed by atoms with Crippen molar-refractivity contribution in [3.05, 3.63) is 42.3 Å². The average Bonchev–Trinajstić information content (AvgIpc) is 3.18. The van der Waals surface area contributed by atoms with E-state index in [1.54, 1.807) is 41.8 Å². The van der Waals surface area contributed by atoms with Gasteiger partial charge in [-0.2, -0.15) is 0 Å². The van der Waals surface area contributed by atoms with Crippen LogP contribution in [-0.4, -0.2) is 29.7 Å². The molecule has 0 radical (unpaired) electrons. The molecule has 0 atom stereocenters. The first-order valence-corrected chi connectivity index (χ1v) is 9.31. The highest BCUT2D eigenvalue weighted by atomic mass is 32.2. The summed E-state index contributed by atoms with van der Waals surface area (Å²) in [6.07, 6.45) is 7.52. The normalized spacial score (nSPS) is 14.3. The Morgan fingerprint density at radius 3 is 2.79 bits per heavy atom. The smallest absolute Gasteiger partial charge is 0.198 e. The zero-order valence-electron chi connectivity index (χ0n) is 12.5. The molecule has 0 unspecified atom stereocenters. The molecule has 0 saturated heterocycles. The molecule has 1 saturated carbocycles. The van der Waals surface area contributed by atoms with Gasteiger partial charge >= 0.3 is 0 Å². The van der Waals surface area contributed by atoms with E-state index in [9.17, 15) is 0 Å². The molecule has 0 bridgehead atoms. The number of aromatic nitrogens is 6. The molecule has 24 heavy (non-hydrogen) atoms. The SMILES string of the molecule is c1cc(-c2nnc(Sc3ncnc4sccc34)n2C2CC2)ccn1. The molecule has 0 spiro atoms. The first-order chi connectivity index (χ1) is 11.9. The van der Waals surface area contributed by atoms with Crippen LogP contribution in [0.5, 0.6) is 0 Å². The van der Waals surface area contributed by atoms with E-state index >= 15 is 0 Å². The Labute approximate surface area is 146 Å². The molecule has 0 aliphatic heterocycles. The quantitative estimate of drug-likeness (QED) is 0.520. The van der Waals surface area contributed by atoms with E-state index in [2.05, 4.69) is 35.8 Å². The van der Waals surface area contributed by atoms with Crippen molar-refractivity contribution in [2.24, 2.45) is 0 Å². The monoisotopic (exact) mass is 352 g/mol. The van der Waals surface area contributed by atoms with Gasteiger partial charge in [0.2, 0.25) is 0 Å². The Hall–Kier alpha value is -2.32. The van der Waals surface area contributed by atoms with Crippen molar-refractivity contribution < 1.29 is 0 Å². The van der Waals surface area contributed by atoms with E-state index in [-0.39, 0.29) is 0 Å². The summed E-state index contributed by atoms with van der Waals surface area (Å²) in [5.41, 5.74) is 1.04. The number of nitrogens with zero attached hydrogens (tertiary/aromatic N) is 6. The summed E-state index contributed by atoms with van der Waals surface area (Å²) in [7, 11) is 0. The minimum absolute atomic E-state index is 0.477. The fraction of sp³-hybridized carbons (Fsp3) is 0.188. The van der Waals surface area contributed by atoms with Crippen molar-refractivity contribution in [3.63, 3.8) is 0 Å². The molecule has 0 N–H and O–H groups in total. The van der Waals surface area contributed by atoms with Crippen LogP contribution in [0.1, 0.15) is 18.9 Å². The number of hydrogen-bond acceptors (Lipinski definition) is 7. The minimum atomic E-state index is 0.477. The summed E-state index contributed by atoms with van der Waals surface area (Å²) < 4.78 is 2.24. The van der Waals surface area contributed by atoms with Gasteiger partial charge in [-0.3, -0.25) is 9.55 Å². The lowest BCUT2D eigenvalue weighted by atomic mass is 10.2. The van der Waals surface area contributed by atoms with Crippen LogP contribution in [0.25, 0.3) is 21.6 Å². The zero-order chi connectivity index (χ0) is 15.9. The summed E-state index contributed by atoms with van der Waals surface area (Å²) in [5.74, 6) is 0.901. The molecule has 4 heterocycles. The third-order valence-corrected chi connectivity index (χ3v) is 5.73. The Kier molecular flexibility index (Phi) is 3.30. The van der Waals surface area contributed by atoms with Gasteiger partial charge in [-0.1, -0.05) is 0 Å². The highest BCUT2D eigenvalue weighted by Crippen LogP contribution is 2.42. The van der Waals surface area contributed by atoms with Crippen molar-refractivity contribution in [2.45, 2.75) is 29.1 Å². The van der Waals surface area contributed by atoms with Crippen LogP contribution >= 0.6 is 23.1 Å². The van der Waals surface area contributed by atoms with Gasteiger partial charge in [0.1, 0.15) is 16.2 Å². The van der Waals surface area contributed by atoms with Crippen LogP contribution in [0.2, 0.25) is 0 Å². The highest BCUT2D eigenvalue weighted by molar-refractivity contribution is 7.99. The summed E-state index contributed by atoms with van der Waals surface area (Å²) in [5, 5.41) is 13.8. The molecule has 0 aromatic carbocycles. The molecular formula is C16H12N6S2. The van der Waals surface area contributed by atoms with Gasteiger partial charge in [-0.15, -0.1) is 21.5 Å². The summed E-state index contributed by atoms with van der Waals surface area (Å²) in [6, 6.07) is 6.48. The fourth-order valence-corrected chi connectivity index (χ4v) is 4.40. The molecule has 4 aromatic rings. The van der Waals surface area contributed by atoms with E-state index in [0.29, 0.717) is 6.04 Å². The van der Waals surface area contributed by atoms with Crippen molar-refractivity contribution >= 4 is 33.3 Å². The van der Waals surface area contributed by atoms with Crippen LogP contribution in [0, 0.1) is 0 Å². The lowest BCUT2D eigenvalue weighted by Crippen LogP contribution is -2.00. The number of thiophene rings is 1. The van der Waals surface area contributed by atoms with E-state index in [4.69, 9.17) is 0 Å². The second kappa shape index (κ2) is 5.64. The lowest BCUT2D eigenvalue weighted by Gasteiger charge is -2.08. The number of hydrogen-bond donors (Lipinski definition) is 0. The first-order valence-electron chi connectivity index (χ1n) is 7.61. The van der Waals surface area contributed by atoms with Crippen LogP contribution in [0.3, 0.4) is 0 Å². The van der Waals surface area contributed by atoms with Gasteiger partial charge in [0.15, 0.2) is 11.0 Å². The van der Waals surface area contributed by atoms with Crippen molar-refractivity contribution in [1.29, 1.82) is 0 Å². The summed E-state index contributed by atoms with van der Waals surface area (Å²) in [4.78, 5) is 13.8. The Balaban J connectivity index is 1.59. The molecule has 1 fully saturated rings. The van der Waals surface area contributed by atoms with Crippen molar-refractivity contribution in [1.82, 2.24) is 29.7 Å². The Morgan fingerprint density at radius 1 is 1.08 bits per heavy atom. The topological polar surface area (TPSA) is 69.4 Å². The predicted molar refractivity (Wildman–Crippen MR) is 93.1 cm³/mol. The molecule has 1 aliphatic carbocycles. The Morgan fingerprint density at radius 2 is 1.96 bits per heavy atom. The minimum Gasteiger partial charge on any atom is -0.299 e. The molecule has 1 aliphatic rings. The van der Waals surface area contributed by atoms with Gasteiger partial charge in [-0.05, 0) is 48.2 Å². The number of rotatable bonds is 4. The molecule has 8 heteroatoms. The van der Waals surface area contributed by atoms with E-state index in [1.807, 2.05) is 17.5 Å². The Bertz CT molecular complexity index is 1010. The van der Waals surface area contributed by atoms with Gasteiger partial charge in [0.25, 0.3) is 0 Å². The van der Waals surface area contributed by atoms with Crippen LogP contribution in [0.15, 0.2) is 52.5 Å². The zero-order valence-corrected chi connectivity index (χ0v) is 14.2. The maximum Gasteiger partial charge on any atom is 0.198 e. The van der Waals surface area contributed by atoms with E-state index in [1.165, 1.54) is 12.8 Å². The molecule has 5 rings (SSSR count). The third kappa shape index (κ3) is 2.38. The first kappa shape index (κ1) is 14.1. The molecule has 4 aromatic heterocycles. The molecule has 118 valence electrons. The third-order valence-electron chi connectivity index (χ3n) is 3.93. The van der Waals surface area contributed by atoms with Crippen molar-refractivity contribution in [2.75, 3.05) is 0 Å². The second-order valence-electron chi connectivity index (χ2n) is 5.56. The second-order valence-corrected chi connectivity index (χ2v) is 7.41. The number of pyridine rings is 1. The predicted octanol–water partition coefficient (Wildman–Crippen LogP) is 3.83. The van der Waals surface area contributed by atoms with E-state index in [0.717, 1.165) is 31.8 Å². The fourth-order valence-electron chi connectivity index (χ4n) is 2.64. The van der Waals surface area contributed by atoms with Crippen LogP contribution < -0.4 is 0 Å². The lowest BCUT2D eigenvalue weighted by molar-refractivity contribution is 0.669. The standard InChI is InChI=1S/C16H12N6S2/c1-2-11(1)22-13(10-3-6-17-7-4-10)20-21-16(22)24-15-12-5-8-23-14(12)18-9-19-15/h3-9,11H,1-2H2. The molecular weight excluding hydrogens is 340 g/mol. The van der Waals surface area contributed by atoms with Gasteiger partial charge < -0.3 is 0 Å². The molecule has 6 nitrogen and oxygen atoms in total. The van der Waals surface area contributed by atoms with Crippen LogP contribution in [-0.2, 0) is 0 Å². The maximum atomic E-state index is 4.44. The highest BCUT2D eigenvalue weighted by Gasteiger charge is 2.30. The van der Waals surface area contributed by atoms with E-state index < -0.39 is 0 Å². The summed E-state index contributed by atoms with van der Waals surface area (Å²) >= 11 is 3.18. The largest absolute Gasteiger partial charge is 0.299 e. The number of fused-ring (bicyclic) bond motifs is 1. The van der Waals surface area contributed by atoms with Gasteiger partial charge in [-0.25, -0.2) is 9.97 Å². The maximum absolute atomic E-state index is 4.44. The van der Waals surface area contributed by atoms with Crippen LogP contribution in [0.4, 0.5) is 0 Å². The summed E-state index contributed by atoms with van der Waals surface area (Å²) in [6.45, 7) is 0. The van der Waals surface area contributed by atoms with Gasteiger partial charge in [0.05, 0.1) is 0 Å². The van der Waals surface area contributed by atoms with Crippen molar-refractivity contribution in [3.8, 4) is 11.4 Å². The molecule has 0 amide bonds.